The van der Waals surface area contributed by atoms with Crippen LogP contribution in [0, 0.1) is 12.1 Å². The summed E-state index contributed by atoms with van der Waals surface area (Å²) in [6.07, 6.45) is 0.275. The summed E-state index contributed by atoms with van der Waals surface area (Å²) >= 11 is 2.13. The number of primary amides is 1. The first kappa shape index (κ1) is 30.2. The molecule has 0 aliphatic rings. The second-order valence-electron chi connectivity index (χ2n) is 8.87. The lowest BCUT2D eigenvalue weighted by molar-refractivity contribution is -0.127. The minimum Gasteiger partial charge on any atom is -0.350 e. The van der Waals surface area contributed by atoms with Crippen LogP contribution in [0.1, 0.15) is 11.4 Å². The van der Waals surface area contributed by atoms with E-state index in [2.05, 4.69) is 45.9 Å². The topological polar surface area (TPSA) is 165 Å². The van der Waals surface area contributed by atoms with Crippen LogP contribution in [-0.4, -0.2) is 52.1 Å². The number of nitrogens with two attached hydrogens (primary N) is 1. The summed E-state index contributed by atoms with van der Waals surface area (Å²) in [6, 6.07) is 10.1. The van der Waals surface area contributed by atoms with Crippen molar-refractivity contribution < 1.29 is 22.4 Å². The van der Waals surface area contributed by atoms with Gasteiger partial charge in [-0.05, 0) is 31.2 Å². The molecule has 0 saturated heterocycles. The van der Waals surface area contributed by atoms with Gasteiger partial charge in [0.25, 0.3) is 0 Å². The lowest BCUT2D eigenvalue weighted by Crippen LogP contribution is -2.19. The summed E-state index contributed by atoms with van der Waals surface area (Å²) in [5.41, 5.74) is 7.20. The molecule has 226 valence electrons. The summed E-state index contributed by atoms with van der Waals surface area (Å²) in [5.74, 6) is 1.19. The first-order valence-corrected chi connectivity index (χ1v) is 14.2. The van der Waals surface area contributed by atoms with Gasteiger partial charge in [0.05, 0.1) is 30.2 Å². The molecule has 0 bridgehead atoms. The molecule has 0 unspecified atom stereocenters. The number of halogens is 4. The smallest absolute Gasteiger partial charge is 0.350 e. The number of aromatic amines is 1. The van der Waals surface area contributed by atoms with Gasteiger partial charge in [0.2, 0.25) is 5.13 Å². The summed E-state index contributed by atoms with van der Waals surface area (Å²) in [6.45, 7) is 1.86. The van der Waals surface area contributed by atoms with Gasteiger partial charge in [0.1, 0.15) is 17.3 Å². The molecule has 1 amide bonds. The lowest BCUT2D eigenvalue weighted by atomic mass is 10.1. The molecule has 12 nitrogen and oxygen atoms in total. The number of carbonyl (C=O) groups is 1. The number of hydrogen-bond acceptors (Lipinski definition) is 11. The van der Waals surface area contributed by atoms with E-state index in [-0.39, 0.29) is 11.4 Å². The largest absolute Gasteiger partial charge is 0.394 e. The maximum atomic E-state index is 14.0. The van der Waals surface area contributed by atoms with Gasteiger partial charge in [-0.1, -0.05) is 23.5 Å². The monoisotopic (exact) mass is 643 g/mol. The third-order valence-electron chi connectivity index (χ3n) is 5.57. The van der Waals surface area contributed by atoms with Crippen LogP contribution in [0.3, 0.4) is 0 Å². The van der Waals surface area contributed by atoms with Gasteiger partial charge in [-0.25, -0.2) is 24.7 Å². The number of nitrogens with zero attached hydrogens (tertiary/aromatic N) is 7. The second-order valence-corrected chi connectivity index (χ2v) is 10.7. The van der Waals surface area contributed by atoms with Gasteiger partial charge in [-0.2, -0.15) is 32.4 Å². The molecular weight excluding hydrogens is 622 g/mol. The third kappa shape index (κ3) is 7.78. The number of rotatable bonds is 7. The Morgan fingerprint density at radius 2 is 1.84 bits per heavy atom. The van der Waals surface area contributed by atoms with E-state index in [0.717, 1.165) is 21.7 Å². The number of aryl methyl sites for hydroxylation is 1. The Bertz CT molecular complexity index is 1860. The number of alkyl halides is 3. The normalized spacial score (nSPS) is 11.1. The molecule has 6 aromatic heterocycles. The number of aromatic nitrogens is 8. The predicted octanol–water partition coefficient (Wildman–Crippen LogP) is 6.30. The van der Waals surface area contributed by atoms with Crippen molar-refractivity contribution in [1.29, 1.82) is 0 Å². The van der Waals surface area contributed by atoms with Gasteiger partial charge in [-0.3, -0.25) is 5.10 Å². The molecule has 0 aromatic carbocycles. The number of amides is 1. The zero-order valence-corrected chi connectivity index (χ0v) is 24.1. The average molecular weight is 644 g/mol. The molecule has 0 fully saturated rings. The lowest BCUT2D eigenvalue weighted by Gasteiger charge is -2.05. The highest BCUT2D eigenvalue weighted by molar-refractivity contribution is 7.14. The van der Waals surface area contributed by atoms with Crippen LogP contribution >= 0.6 is 22.7 Å². The number of pyridine rings is 2. The zero-order chi connectivity index (χ0) is 31.3. The standard InChI is InChI=1S/C13H10F3N5S.C13H11FN6OS/c14-13(15,16)5-9-8(6-18-21-9)10-7-22-12(19-10)20-11-3-1-2-4-17-11;1-7-3-2-4-9(17-7)18-13-19-10(11(14)22-13)8-5-16-20(6-8)12(15)21/h1-4,6-7H,5H2,(H,18,21)(H,17,19,20);2-6H,1H3,(H2,15,21)(H,17,18,19). The highest BCUT2D eigenvalue weighted by Crippen LogP contribution is 2.32. The molecule has 18 heteroatoms. The molecule has 6 rings (SSSR count). The molecule has 0 atom stereocenters. The first-order chi connectivity index (χ1) is 21.0. The van der Waals surface area contributed by atoms with Crippen molar-refractivity contribution >= 4 is 50.6 Å². The predicted molar refractivity (Wildman–Crippen MR) is 158 cm³/mol. The van der Waals surface area contributed by atoms with E-state index >= 15 is 0 Å². The van der Waals surface area contributed by atoms with Crippen molar-refractivity contribution in [1.82, 2.24) is 39.9 Å². The van der Waals surface area contributed by atoms with Crippen LogP contribution in [0.25, 0.3) is 22.5 Å². The highest BCUT2D eigenvalue weighted by atomic mass is 32.1. The van der Waals surface area contributed by atoms with Crippen molar-refractivity contribution in [3.63, 3.8) is 0 Å². The molecule has 0 spiro atoms. The third-order valence-corrected chi connectivity index (χ3v) is 7.08. The van der Waals surface area contributed by atoms with Crippen molar-refractivity contribution in [2.45, 2.75) is 19.5 Å². The number of H-pyrrole nitrogens is 1. The van der Waals surface area contributed by atoms with Crippen molar-refractivity contribution in [2.24, 2.45) is 5.73 Å². The number of thiazole rings is 2. The van der Waals surface area contributed by atoms with E-state index in [4.69, 9.17) is 5.73 Å². The van der Waals surface area contributed by atoms with Crippen LogP contribution in [-0.2, 0) is 6.42 Å². The van der Waals surface area contributed by atoms with Crippen molar-refractivity contribution in [3.8, 4) is 22.5 Å². The minimum absolute atomic E-state index is 0.00202. The van der Waals surface area contributed by atoms with Crippen molar-refractivity contribution in [3.05, 3.63) is 83.1 Å². The molecule has 44 heavy (non-hydrogen) atoms. The Balaban J connectivity index is 0.000000175. The molecule has 6 aromatic rings. The number of nitrogens with one attached hydrogen (secondary N) is 3. The van der Waals surface area contributed by atoms with Crippen LogP contribution in [0.5, 0.6) is 0 Å². The van der Waals surface area contributed by atoms with E-state index in [1.807, 2.05) is 25.1 Å². The van der Waals surface area contributed by atoms with Crippen LogP contribution in [0.4, 0.5) is 44.3 Å². The van der Waals surface area contributed by atoms with Crippen LogP contribution < -0.4 is 16.4 Å². The highest BCUT2D eigenvalue weighted by Gasteiger charge is 2.30. The van der Waals surface area contributed by atoms with Gasteiger partial charge in [0, 0.05) is 34.6 Å². The molecule has 0 aliphatic carbocycles. The van der Waals surface area contributed by atoms with E-state index < -0.39 is 23.8 Å². The molecule has 5 N–H and O–H groups in total. The van der Waals surface area contributed by atoms with Gasteiger partial charge in [0.15, 0.2) is 10.3 Å². The Labute approximate surface area is 254 Å². The molecule has 0 saturated carbocycles. The van der Waals surface area contributed by atoms with E-state index in [9.17, 15) is 22.4 Å². The first-order valence-electron chi connectivity index (χ1n) is 12.5. The molecule has 0 aliphatic heterocycles. The van der Waals surface area contributed by atoms with Gasteiger partial charge < -0.3 is 16.4 Å². The minimum atomic E-state index is -4.30. The molecule has 6 heterocycles. The fourth-order valence-electron chi connectivity index (χ4n) is 3.69. The average Bonchev–Trinajstić information content (AvgIpc) is 3.77. The quantitative estimate of drug-likeness (QED) is 0.146. The zero-order valence-electron chi connectivity index (χ0n) is 22.5. The van der Waals surface area contributed by atoms with Crippen LogP contribution in [0.2, 0.25) is 0 Å². The van der Waals surface area contributed by atoms with Crippen LogP contribution in [0.15, 0.2) is 66.6 Å². The van der Waals surface area contributed by atoms with E-state index in [1.165, 1.54) is 29.9 Å². The number of hydrogen-bond donors (Lipinski definition) is 4. The SMILES string of the molecule is Cc1cccc(Nc2nc(-c3cnn(C(N)=O)c3)c(F)s2)n1.FC(F)(F)Cc1[nH]ncc1-c1csc(Nc2ccccn2)n1. The number of carbonyl (C=O) groups excluding carboxylic acids is 1. The van der Waals surface area contributed by atoms with E-state index in [1.54, 1.807) is 29.8 Å². The van der Waals surface area contributed by atoms with Gasteiger partial charge in [-0.15, -0.1) is 11.3 Å². The maximum Gasteiger partial charge on any atom is 0.394 e. The molecular formula is C26H21F4N11OS2. The Kier molecular flexibility index (Phi) is 8.91. The Hall–Kier alpha value is -5.23. The summed E-state index contributed by atoms with van der Waals surface area (Å²) in [7, 11) is 0. The second kappa shape index (κ2) is 13.0. The molecule has 0 radical (unpaired) electrons. The Morgan fingerprint density at radius 3 is 2.55 bits per heavy atom. The number of anilines is 4. The summed E-state index contributed by atoms with van der Waals surface area (Å²) in [5, 5.41) is 17.8. The van der Waals surface area contributed by atoms with E-state index in [0.29, 0.717) is 38.7 Å². The fourth-order valence-corrected chi connectivity index (χ4v) is 5.13. The summed E-state index contributed by atoms with van der Waals surface area (Å²) in [4.78, 5) is 27.8. The summed E-state index contributed by atoms with van der Waals surface area (Å²) < 4.78 is 52.5. The fraction of sp³-hybridized carbons (Fsp3) is 0.115. The Morgan fingerprint density at radius 1 is 1.05 bits per heavy atom. The maximum absolute atomic E-state index is 14.0. The van der Waals surface area contributed by atoms with Crippen molar-refractivity contribution in [2.75, 3.05) is 10.6 Å². The van der Waals surface area contributed by atoms with Gasteiger partial charge >= 0.3 is 12.2 Å².